The van der Waals surface area contributed by atoms with Crippen molar-refractivity contribution in [1.82, 2.24) is 0 Å². The summed E-state index contributed by atoms with van der Waals surface area (Å²) >= 11 is 0. The summed E-state index contributed by atoms with van der Waals surface area (Å²) in [6.07, 6.45) is 1.15. The Morgan fingerprint density at radius 1 is 0.824 bits per heavy atom. The van der Waals surface area contributed by atoms with Gasteiger partial charge in [0.15, 0.2) is 0 Å². The van der Waals surface area contributed by atoms with Gasteiger partial charge in [0.2, 0.25) is 0 Å². The second-order valence-electron chi connectivity index (χ2n) is 3.37. The molecule has 0 heterocycles. The van der Waals surface area contributed by atoms with E-state index < -0.39 is 18.0 Å². The Morgan fingerprint density at radius 2 is 1.18 bits per heavy atom. The first kappa shape index (κ1) is 18.2. The van der Waals surface area contributed by atoms with Crippen LogP contribution in [0.15, 0.2) is 0 Å². The Morgan fingerprint density at radius 3 is 1.35 bits per heavy atom. The Hall–Kier alpha value is -1.18. The normalized spacial score (nSPS) is 9.65. The lowest BCUT2D eigenvalue weighted by molar-refractivity contribution is -0.137. The van der Waals surface area contributed by atoms with Gasteiger partial charge in [0.1, 0.15) is 6.10 Å². The van der Waals surface area contributed by atoms with Crippen LogP contribution >= 0.6 is 0 Å². The van der Waals surface area contributed by atoms with Gasteiger partial charge < -0.3 is 25.5 Å². The number of rotatable bonds is 8. The van der Waals surface area contributed by atoms with E-state index in [0.29, 0.717) is 19.3 Å². The molecule has 0 rings (SSSR count). The third-order valence-electron chi connectivity index (χ3n) is 1.70. The number of carboxylic acids is 2. The molecule has 0 saturated carbocycles. The lowest BCUT2D eigenvalue weighted by Gasteiger charge is -1.96. The summed E-state index contributed by atoms with van der Waals surface area (Å²) in [6, 6.07) is 0. The van der Waals surface area contributed by atoms with Gasteiger partial charge in [-0.3, -0.25) is 9.59 Å². The molecule has 0 radical (unpaired) electrons. The van der Waals surface area contributed by atoms with E-state index in [1.807, 2.05) is 0 Å². The number of hydrogen-bond acceptors (Lipinski definition) is 5. The molecule has 17 heavy (non-hydrogen) atoms. The Labute approximate surface area is 99.3 Å². The summed E-state index contributed by atoms with van der Waals surface area (Å²) in [7, 11) is 0. The first-order valence-electron chi connectivity index (χ1n) is 5.27. The van der Waals surface area contributed by atoms with Crippen molar-refractivity contribution in [2.45, 2.75) is 38.2 Å². The van der Waals surface area contributed by atoms with Gasteiger partial charge >= 0.3 is 11.9 Å². The molecule has 0 spiro atoms. The molecule has 0 aliphatic heterocycles. The molecule has 5 N–H and O–H groups in total. The van der Waals surface area contributed by atoms with Crippen LogP contribution < -0.4 is 0 Å². The van der Waals surface area contributed by atoms with Crippen molar-refractivity contribution in [3.8, 4) is 0 Å². The number of carboxylic acid groups (broad SMARTS) is 2. The van der Waals surface area contributed by atoms with Gasteiger partial charge in [-0.1, -0.05) is 6.42 Å². The van der Waals surface area contributed by atoms with Gasteiger partial charge in [-0.2, -0.15) is 0 Å². The molecule has 0 aromatic carbocycles. The first-order chi connectivity index (χ1) is 7.93. The molecule has 0 unspecified atom stereocenters. The third-order valence-corrected chi connectivity index (χ3v) is 1.70. The molecule has 0 aromatic heterocycles. The topological polar surface area (TPSA) is 135 Å². The van der Waals surface area contributed by atoms with E-state index >= 15 is 0 Å². The molecular formula is C10H20O7. The number of carbonyl (C=O) groups is 2. The Kier molecular flexibility index (Phi) is 13.8. The minimum Gasteiger partial charge on any atom is -0.481 e. The standard InChI is InChI=1S/C7H12O4.C3H8O3/c8-6(9)4-2-1-3-5-7(10)11;4-1-3(6)2-5/h1-5H2,(H,8,9)(H,10,11);3-6H,1-2H2. The van der Waals surface area contributed by atoms with E-state index in [9.17, 15) is 9.59 Å². The predicted octanol–water partition coefficient (Wildman–Crippen LogP) is -0.562. The van der Waals surface area contributed by atoms with Crippen molar-refractivity contribution in [1.29, 1.82) is 0 Å². The Bertz CT molecular complexity index is 185. The molecule has 0 bridgehead atoms. The molecule has 0 aliphatic rings. The van der Waals surface area contributed by atoms with Gasteiger partial charge in [-0.15, -0.1) is 0 Å². The van der Waals surface area contributed by atoms with E-state index in [1.54, 1.807) is 0 Å². The zero-order valence-corrected chi connectivity index (χ0v) is 9.58. The first-order valence-corrected chi connectivity index (χ1v) is 5.27. The number of hydrogen-bond donors (Lipinski definition) is 5. The summed E-state index contributed by atoms with van der Waals surface area (Å²) in [4.78, 5) is 20.0. The molecule has 0 fully saturated rings. The number of aliphatic hydroxyl groups is 3. The van der Waals surface area contributed by atoms with Crippen molar-refractivity contribution in [3.05, 3.63) is 0 Å². The largest absolute Gasteiger partial charge is 0.481 e. The van der Waals surface area contributed by atoms with E-state index in [1.165, 1.54) is 0 Å². The lowest BCUT2D eigenvalue weighted by Crippen LogP contribution is -2.15. The van der Waals surface area contributed by atoms with Gasteiger partial charge in [-0.25, -0.2) is 0 Å². The van der Waals surface area contributed by atoms with Gasteiger partial charge in [-0.05, 0) is 12.8 Å². The van der Waals surface area contributed by atoms with Crippen LogP contribution in [0.3, 0.4) is 0 Å². The maximum absolute atomic E-state index is 9.98. The van der Waals surface area contributed by atoms with Crippen molar-refractivity contribution in [2.75, 3.05) is 13.2 Å². The average molecular weight is 252 g/mol. The van der Waals surface area contributed by atoms with Crippen LogP contribution in [0, 0.1) is 0 Å². The monoisotopic (exact) mass is 252 g/mol. The number of unbranched alkanes of at least 4 members (excludes halogenated alkanes) is 2. The molecular weight excluding hydrogens is 232 g/mol. The van der Waals surface area contributed by atoms with E-state index in [2.05, 4.69) is 0 Å². The van der Waals surface area contributed by atoms with Gasteiger partial charge in [0.25, 0.3) is 0 Å². The zero-order valence-electron chi connectivity index (χ0n) is 9.58. The second-order valence-corrected chi connectivity index (χ2v) is 3.37. The minimum atomic E-state index is -0.954. The molecule has 7 heteroatoms. The molecule has 102 valence electrons. The highest BCUT2D eigenvalue weighted by molar-refractivity contribution is 5.67. The van der Waals surface area contributed by atoms with Crippen LogP contribution in [-0.2, 0) is 9.59 Å². The smallest absolute Gasteiger partial charge is 0.303 e. The zero-order chi connectivity index (χ0) is 13.7. The highest BCUT2D eigenvalue weighted by Crippen LogP contribution is 2.02. The minimum absolute atomic E-state index is 0.139. The molecule has 0 amide bonds. The lowest BCUT2D eigenvalue weighted by atomic mass is 10.1. The van der Waals surface area contributed by atoms with Crippen molar-refractivity contribution < 1.29 is 35.1 Å². The van der Waals surface area contributed by atoms with Crippen molar-refractivity contribution in [2.24, 2.45) is 0 Å². The molecule has 0 saturated heterocycles. The Balaban J connectivity index is 0. The summed E-state index contributed by atoms with van der Waals surface area (Å²) in [5.74, 6) is -1.64. The molecule has 0 atom stereocenters. The van der Waals surface area contributed by atoms with Crippen molar-refractivity contribution in [3.63, 3.8) is 0 Å². The van der Waals surface area contributed by atoms with Gasteiger partial charge in [0.05, 0.1) is 13.2 Å². The van der Waals surface area contributed by atoms with Crippen LogP contribution in [0.5, 0.6) is 0 Å². The van der Waals surface area contributed by atoms with Crippen LogP contribution in [0.1, 0.15) is 32.1 Å². The van der Waals surface area contributed by atoms with E-state index in [0.717, 1.165) is 0 Å². The van der Waals surface area contributed by atoms with Crippen molar-refractivity contribution >= 4 is 11.9 Å². The van der Waals surface area contributed by atoms with Crippen LogP contribution in [-0.4, -0.2) is 56.8 Å². The van der Waals surface area contributed by atoms with Crippen LogP contribution in [0.2, 0.25) is 0 Å². The average Bonchev–Trinajstić information content (AvgIpc) is 2.27. The molecule has 0 aromatic rings. The van der Waals surface area contributed by atoms with E-state index in [4.69, 9.17) is 25.5 Å². The van der Waals surface area contributed by atoms with Gasteiger partial charge in [0, 0.05) is 12.8 Å². The quantitative estimate of drug-likeness (QED) is 0.365. The predicted molar refractivity (Wildman–Crippen MR) is 58.5 cm³/mol. The summed E-state index contributed by atoms with van der Waals surface area (Å²) in [5.41, 5.74) is 0. The third kappa shape index (κ3) is 20.8. The molecule has 0 aliphatic carbocycles. The maximum Gasteiger partial charge on any atom is 0.303 e. The SMILES string of the molecule is O=C(O)CCCCCC(=O)O.OCC(O)CO. The fourth-order valence-electron chi connectivity index (χ4n) is 0.787. The fourth-order valence-corrected chi connectivity index (χ4v) is 0.787. The van der Waals surface area contributed by atoms with E-state index in [-0.39, 0.29) is 26.1 Å². The number of aliphatic carboxylic acids is 2. The van der Waals surface area contributed by atoms with Crippen LogP contribution in [0.25, 0.3) is 0 Å². The maximum atomic E-state index is 9.98. The fraction of sp³-hybridized carbons (Fsp3) is 0.800. The molecule has 7 nitrogen and oxygen atoms in total. The summed E-state index contributed by atoms with van der Waals surface area (Å²) < 4.78 is 0. The summed E-state index contributed by atoms with van der Waals surface area (Å²) in [6.45, 7) is -0.729. The number of aliphatic hydroxyl groups excluding tert-OH is 3. The highest BCUT2D eigenvalue weighted by atomic mass is 16.4. The second kappa shape index (κ2) is 12.9. The highest BCUT2D eigenvalue weighted by Gasteiger charge is 1.98. The van der Waals surface area contributed by atoms with Crippen LogP contribution in [0.4, 0.5) is 0 Å². The summed E-state index contributed by atoms with van der Waals surface area (Å²) in [5, 5.41) is 40.4.